The van der Waals surface area contributed by atoms with Crippen LogP contribution in [0.1, 0.15) is 17.0 Å². The normalized spacial score (nSPS) is 17.0. The van der Waals surface area contributed by atoms with Crippen LogP contribution in [0.25, 0.3) is 61.5 Å². The van der Waals surface area contributed by atoms with Crippen molar-refractivity contribution in [2.45, 2.75) is 5.92 Å². The zero-order valence-corrected chi connectivity index (χ0v) is 27.0. The first-order valence-electron chi connectivity index (χ1n) is 16.5. The van der Waals surface area contributed by atoms with E-state index in [1.54, 1.807) is 0 Å². The van der Waals surface area contributed by atoms with E-state index in [9.17, 15) is 0 Å². The third kappa shape index (κ3) is 4.68. The number of allylic oxidation sites excluding steroid dienone is 8. The van der Waals surface area contributed by atoms with Gasteiger partial charge in [-0.2, -0.15) is 0 Å². The van der Waals surface area contributed by atoms with Crippen molar-refractivity contribution in [2.75, 3.05) is 0 Å². The summed E-state index contributed by atoms with van der Waals surface area (Å²) in [6, 6.07) is 43.4. The summed E-state index contributed by atoms with van der Waals surface area (Å²) < 4.78 is 4.34. The highest BCUT2D eigenvalue weighted by Crippen LogP contribution is 2.46. The van der Waals surface area contributed by atoms with E-state index >= 15 is 0 Å². The molecule has 0 amide bonds. The molecule has 4 heteroatoms. The van der Waals surface area contributed by atoms with Crippen molar-refractivity contribution in [3.8, 4) is 33.9 Å². The lowest BCUT2D eigenvalue weighted by Gasteiger charge is -2.33. The van der Waals surface area contributed by atoms with Crippen LogP contribution >= 0.6 is 0 Å². The van der Waals surface area contributed by atoms with E-state index in [0.717, 1.165) is 44.8 Å². The van der Waals surface area contributed by atoms with Gasteiger partial charge >= 0.3 is 0 Å². The lowest BCUT2D eigenvalue weighted by molar-refractivity contribution is 0.687. The number of benzene rings is 5. The summed E-state index contributed by atoms with van der Waals surface area (Å²) in [6.45, 7) is 0. The van der Waals surface area contributed by atoms with E-state index in [1.807, 2.05) is 12.1 Å². The van der Waals surface area contributed by atoms with E-state index in [2.05, 4.69) is 169 Å². The average molecular weight is 619 g/mol. The van der Waals surface area contributed by atoms with Crippen molar-refractivity contribution >= 4 is 27.6 Å². The molecule has 5 aromatic carbocycles. The zero-order chi connectivity index (χ0) is 32.2. The largest absolute Gasteiger partial charge is 0.327 e. The van der Waals surface area contributed by atoms with Crippen LogP contribution in [0.15, 0.2) is 163 Å². The number of rotatable bonds is 5. The molecular weight excluding hydrogens is 585 g/mol. The molecule has 0 spiro atoms. The molecule has 230 valence electrons. The standard InChI is InChI=1S/C44H34N4/c1-47-40-15-5-3-13-38(40)45-43(47)34-25-19-30(20-26-34)29-17-21-31(22-18-29)36-11-7-9-33-10-8-12-37(42(33)36)32-23-27-35(28-24-32)44-46-39-14-4-6-16-41(39)48(44)2/h3-28,37,42H,1-2H3. The molecule has 2 aliphatic rings. The summed E-state index contributed by atoms with van der Waals surface area (Å²) in [5, 5.41) is 0. The van der Waals surface area contributed by atoms with Crippen LogP contribution in [0, 0.1) is 5.92 Å². The van der Waals surface area contributed by atoms with E-state index < -0.39 is 0 Å². The summed E-state index contributed by atoms with van der Waals surface area (Å²) in [4.78, 5) is 9.80. The number of aryl methyl sites for hydroxylation is 2. The molecule has 2 heterocycles. The smallest absolute Gasteiger partial charge is 0.140 e. The maximum absolute atomic E-state index is 4.92. The quantitative estimate of drug-likeness (QED) is 0.192. The molecule has 2 aliphatic carbocycles. The average Bonchev–Trinajstić information content (AvgIpc) is 3.67. The Morgan fingerprint density at radius 2 is 1.00 bits per heavy atom. The SMILES string of the molecule is Cn1c(-c2ccc(-c3ccc(C4=CC=CC5=CC=CC(c6ccc(-c7nc8ccccc8n7C)cc6)C54)cc3)cc2)nc2ccccc21. The van der Waals surface area contributed by atoms with Gasteiger partial charge in [-0.1, -0.05) is 134 Å². The fourth-order valence-corrected chi connectivity index (χ4v) is 7.52. The van der Waals surface area contributed by atoms with Crippen molar-refractivity contribution < 1.29 is 0 Å². The Kier molecular flexibility index (Phi) is 6.68. The maximum atomic E-state index is 4.92. The van der Waals surface area contributed by atoms with Gasteiger partial charge in [-0.05, 0) is 57.7 Å². The summed E-state index contributed by atoms with van der Waals surface area (Å²) >= 11 is 0. The minimum absolute atomic E-state index is 0.241. The topological polar surface area (TPSA) is 35.6 Å². The molecule has 2 unspecified atom stereocenters. The van der Waals surface area contributed by atoms with Gasteiger partial charge in [0.15, 0.2) is 0 Å². The Morgan fingerprint density at radius 1 is 0.500 bits per heavy atom. The van der Waals surface area contributed by atoms with Crippen molar-refractivity contribution in [1.82, 2.24) is 19.1 Å². The Balaban J connectivity index is 0.980. The highest BCUT2D eigenvalue weighted by Gasteiger charge is 2.31. The molecule has 9 rings (SSSR count). The Morgan fingerprint density at radius 3 is 1.56 bits per heavy atom. The van der Waals surface area contributed by atoms with Crippen molar-refractivity contribution in [3.63, 3.8) is 0 Å². The highest BCUT2D eigenvalue weighted by molar-refractivity contribution is 5.83. The lowest BCUT2D eigenvalue weighted by Crippen LogP contribution is -2.19. The van der Waals surface area contributed by atoms with Gasteiger partial charge in [-0.25, -0.2) is 9.97 Å². The predicted molar refractivity (Wildman–Crippen MR) is 198 cm³/mol. The second-order valence-corrected chi connectivity index (χ2v) is 12.8. The summed E-state index contributed by atoms with van der Waals surface area (Å²) in [5.41, 5.74) is 14.2. The van der Waals surface area contributed by atoms with E-state index in [0.29, 0.717) is 0 Å². The molecule has 0 N–H and O–H groups in total. The number of hydrogen-bond donors (Lipinski definition) is 0. The molecule has 2 atom stereocenters. The third-order valence-electron chi connectivity index (χ3n) is 10.0. The molecule has 48 heavy (non-hydrogen) atoms. The Labute approximate surface area is 280 Å². The summed E-state index contributed by atoms with van der Waals surface area (Å²) in [5.74, 6) is 2.46. The minimum atomic E-state index is 0.241. The number of imidazole rings is 2. The van der Waals surface area contributed by atoms with Gasteiger partial charge in [0.1, 0.15) is 11.6 Å². The molecule has 2 aromatic heterocycles. The number of hydrogen-bond acceptors (Lipinski definition) is 2. The van der Waals surface area contributed by atoms with E-state index in [1.165, 1.54) is 33.4 Å². The van der Waals surface area contributed by atoms with Crippen molar-refractivity contribution in [3.05, 3.63) is 174 Å². The van der Waals surface area contributed by atoms with Crippen LogP contribution < -0.4 is 0 Å². The first kappa shape index (κ1) is 28.2. The number of para-hydroxylation sites is 4. The van der Waals surface area contributed by atoms with Gasteiger partial charge in [0.25, 0.3) is 0 Å². The first-order valence-corrected chi connectivity index (χ1v) is 16.5. The van der Waals surface area contributed by atoms with Crippen molar-refractivity contribution in [2.24, 2.45) is 20.0 Å². The second kappa shape index (κ2) is 11.4. The van der Waals surface area contributed by atoms with Crippen LogP contribution in [0.5, 0.6) is 0 Å². The first-order chi connectivity index (χ1) is 23.6. The third-order valence-corrected chi connectivity index (χ3v) is 10.0. The number of fused-ring (bicyclic) bond motifs is 3. The van der Waals surface area contributed by atoms with Gasteiger partial charge in [-0.3, -0.25) is 0 Å². The summed E-state index contributed by atoms with van der Waals surface area (Å²) in [7, 11) is 4.17. The van der Waals surface area contributed by atoms with Crippen LogP contribution in [0.4, 0.5) is 0 Å². The molecule has 0 bridgehead atoms. The Hall–Kier alpha value is -6.00. The van der Waals surface area contributed by atoms with Crippen molar-refractivity contribution in [1.29, 1.82) is 0 Å². The number of nitrogens with zero attached hydrogens (tertiary/aromatic N) is 4. The fourth-order valence-electron chi connectivity index (χ4n) is 7.52. The molecule has 0 saturated heterocycles. The molecule has 0 saturated carbocycles. The Bertz CT molecular complexity index is 2450. The van der Waals surface area contributed by atoms with Crippen LogP contribution in [0.3, 0.4) is 0 Å². The minimum Gasteiger partial charge on any atom is -0.327 e. The van der Waals surface area contributed by atoms with E-state index in [4.69, 9.17) is 9.97 Å². The second-order valence-electron chi connectivity index (χ2n) is 12.8. The molecular formula is C44H34N4. The molecule has 0 aliphatic heterocycles. The zero-order valence-electron chi connectivity index (χ0n) is 27.0. The van der Waals surface area contributed by atoms with E-state index in [-0.39, 0.29) is 11.8 Å². The molecule has 7 aromatic rings. The fraction of sp³-hybridized carbons (Fsp3) is 0.0909. The predicted octanol–water partition coefficient (Wildman–Crippen LogP) is 10.3. The molecule has 0 fully saturated rings. The maximum Gasteiger partial charge on any atom is 0.140 e. The van der Waals surface area contributed by atoms with Crippen LogP contribution in [-0.2, 0) is 14.1 Å². The van der Waals surface area contributed by atoms with Crippen LogP contribution in [-0.4, -0.2) is 19.1 Å². The summed E-state index contributed by atoms with van der Waals surface area (Å²) in [6.07, 6.45) is 13.6. The number of aromatic nitrogens is 4. The monoisotopic (exact) mass is 618 g/mol. The lowest BCUT2D eigenvalue weighted by atomic mass is 9.70. The van der Waals surface area contributed by atoms with Gasteiger partial charge in [-0.15, -0.1) is 0 Å². The van der Waals surface area contributed by atoms with Gasteiger partial charge in [0.2, 0.25) is 0 Å². The van der Waals surface area contributed by atoms with Gasteiger partial charge in [0, 0.05) is 37.1 Å². The van der Waals surface area contributed by atoms with Crippen LogP contribution in [0.2, 0.25) is 0 Å². The van der Waals surface area contributed by atoms with Gasteiger partial charge < -0.3 is 9.13 Å². The highest BCUT2D eigenvalue weighted by atomic mass is 15.1. The van der Waals surface area contributed by atoms with Gasteiger partial charge in [0.05, 0.1) is 22.1 Å². The molecule has 4 nitrogen and oxygen atoms in total. The molecule has 0 radical (unpaired) electrons.